The third-order valence-corrected chi connectivity index (χ3v) is 4.94. The summed E-state index contributed by atoms with van der Waals surface area (Å²) in [5.41, 5.74) is 1.34. The minimum atomic E-state index is -0.556. The van der Waals surface area contributed by atoms with Gasteiger partial charge in [0.1, 0.15) is 24.0 Å². The van der Waals surface area contributed by atoms with E-state index in [1.54, 1.807) is 0 Å². The minimum Gasteiger partial charge on any atom is -0.505 e. The molecule has 0 atom stereocenters. The predicted molar refractivity (Wildman–Crippen MR) is 101 cm³/mol. The lowest BCUT2D eigenvalue weighted by Crippen LogP contribution is -2.22. The molecule has 5 nitrogen and oxygen atoms in total. The average molecular weight is 391 g/mol. The summed E-state index contributed by atoms with van der Waals surface area (Å²) in [7, 11) is 5.45. The Bertz CT molecular complexity index is 1070. The second-order valence-electron chi connectivity index (χ2n) is 4.87. The Kier molecular flexibility index (Phi) is 4.95. The first-order valence-corrected chi connectivity index (χ1v) is 8.58. The molecule has 1 N–H and O–H groups in total. The third-order valence-electron chi connectivity index (χ3n) is 3.50. The van der Waals surface area contributed by atoms with E-state index in [-0.39, 0.29) is 45.7 Å². The van der Waals surface area contributed by atoms with Crippen molar-refractivity contribution >= 4 is 52.7 Å². The first kappa shape index (κ1) is 17.7. The van der Waals surface area contributed by atoms with Crippen LogP contribution in [-0.4, -0.2) is 29.0 Å². The number of hydrogen-bond acceptors (Lipinski definition) is 5. The summed E-state index contributed by atoms with van der Waals surface area (Å²) in [6.07, 6.45) is 5.36. The number of hydrogen-bond donors (Lipinski definition) is 1. The average Bonchev–Trinajstić information content (AvgIpc) is 3.07. The maximum absolute atomic E-state index is 13.0. The number of aromatic hydroxyl groups is 1. The smallest absolute Gasteiger partial charge is 0.264 e. The lowest BCUT2D eigenvalue weighted by atomic mass is 10.0. The van der Waals surface area contributed by atoms with Crippen LogP contribution in [0, 0.1) is 12.3 Å². The quantitative estimate of drug-likeness (QED) is 0.548. The van der Waals surface area contributed by atoms with E-state index in [0.717, 1.165) is 0 Å². The number of ether oxygens (including phenoxy) is 1. The molecule has 25 heavy (non-hydrogen) atoms. The number of benzene rings is 1. The second-order valence-corrected chi connectivity index (χ2v) is 6.54. The molecule has 0 spiro atoms. The zero-order valence-corrected chi connectivity index (χ0v) is 15.0. The van der Waals surface area contributed by atoms with Gasteiger partial charge in [0.15, 0.2) is 5.65 Å². The fraction of sp³-hybridized carbons (Fsp3) is 0.125. The van der Waals surface area contributed by atoms with Gasteiger partial charge >= 0.3 is 0 Å². The maximum Gasteiger partial charge on any atom is 0.264 e. The van der Waals surface area contributed by atoms with E-state index in [2.05, 4.69) is 10.9 Å². The number of aromatic nitrogens is 2. The second kappa shape index (κ2) is 7.00. The Labute approximate surface area is 158 Å². The molecule has 124 valence electrons. The molecule has 0 fully saturated rings. The van der Waals surface area contributed by atoms with Crippen LogP contribution in [-0.2, 0) is 6.54 Å². The number of rotatable bonds is 4. The van der Waals surface area contributed by atoms with E-state index in [4.69, 9.17) is 42.2 Å². The molecule has 0 saturated heterocycles. The van der Waals surface area contributed by atoms with Crippen LogP contribution in [0.4, 0.5) is 0 Å². The summed E-state index contributed by atoms with van der Waals surface area (Å²) in [6, 6.07) is 3.02. The van der Waals surface area contributed by atoms with Crippen LogP contribution in [0.1, 0.15) is 0 Å². The van der Waals surface area contributed by atoms with Crippen LogP contribution in [0.15, 0.2) is 22.4 Å². The van der Waals surface area contributed by atoms with E-state index in [1.165, 1.54) is 33.5 Å². The van der Waals surface area contributed by atoms with Crippen LogP contribution in [0.5, 0.6) is 11.5 Å². The number of terminal acetylenes is 1. The first-order valence-electron chi connectivity index (χ1n) is 6.94. The minimum absolute atomic E-state index is 0.0163. The van der Waals surface area contributed by atoms with Crippen molar-refractivity contribution in [1.82, 2.24) is 9.55 Å². The van der Waals surface area contributed by atoms with Crippen molar-refractivity contribution in [2.75, 3.05) is 6.51 Å². The van der Waals surface area contributed by atoms with Crippen molar-refractivity contribution in [3.63, 3.8) is 0 Å². The Morgan fingerprint density at radius 2 is 2.08 bits per heavy atom. The molecule has 0 aliphatic heterocycles. The number of halogens is 2. The molecule has 0 amide bonds. The third kappa shape index (κ3) is 2.87. The number of fused-ring (bicyclic) bond motifs is 1. The lowest BCUT2D eigenvalue weighted by molar-refractivity contribution is 0.389. The summed E-state index contributed by atoms with van der Waals surface area (Å²) >= 11 is 13.6. The normalized spacial score (nSPS) is 10.8. The van der Waals surface area contributed by atoms with Crippen LogP contribution in [0.2, 0.25) is 10.0 Å². The van der Waals surface area contributed by atoms with Crippen LogP contribution >= 0.6 is 34.5 Å². The van der Waals surface area contributed by atoms with Gasteiger partial charge in [-0.25, -0.2) is 4.98 Å². The molecule has 0 aliphatic carbocycles. The zero-order valence-electron chi connectivity index (χ0n) is 12.6. The van der Waals surface area contributed by atoms with Gasteiger partial charge in [0, 0.05) is 6.51 Å². The fourth-order valence-corrected chi connectivity index (χ4v) is 3.69. The molecule has 0 bridgehead atoms. The van der Waals surface area contributed by atoms with Crippen molar-refractivity contribution in [1.29, 1.82) is 0 Å². The van der Waals surface area contributed by atoms with Gasteiger partial charge in [0.25, 0.3) is 5.56 Å². The van der Waals surface area contributed by atoms with Crippen molar-refractivity contribution in [3.05, 3.63) is 38.0 Å². The van der Waals surface area contributed by atoms with Crippen LogP contribution < -0.4 is 10.3 Å². The number of thiazole rings is 1. The molecule has 0 saturated carbocycles. The van der Waals surface area contributed by atoms with Crippen molar-refractivity contribution < 1.29 is 9.84 Å². The molecule has 3 aromatic rings. The molecule has 2 aromatic heterocycles. The SMILES string of the molecule is [B]COc1c(Cl)ccc(Cl)c1-c1c(O)c2scnc2n(CC#C)c1=O. The molecule has 3 rings (SSSR count). The van der Waals surface area contributed by atoms with E-state index in [1.807, 2.05) is 0 Å². The summed E-state index contributed by atoms with van der Waals surface area (Å²) in [5, 5.41) is 11.1. The van der Waals surface area contributed by atoms with Gasteiger partial charge in [0.05, 0.1) is 33.2 Å². The maximum atomic E-state index is 13.0. The highest BCUT2D eigenvalue weighted by Crippen LogP contribution is 2.45. The molecule has 2 radical (unpaired) electrons. The van der Waals surface area contributed by atoms with Gasteiger partial charge in [-0.1, -0.05) is 29.1 Å². The van der Waals surface area contributed by atoms with Gasteiger partial charge in [0.2, 0.25) is 0 Å². The van der Waals surface area contributed by atoms with Crippen LogP contribution in [0.25, 0.3) is 21.5 Å². The topological polar surface area (TPSA) is 64.3 Å². The largest absolute Gasteiger partial charge is 0.505 e. The highest BCUT2D eigenvalue weighted by atomic mass is 35.5. The van der Waals surface area contributed by atoms with Crippen molar-refractivity contribution in [2.24, 2.45) is 0 Å². The summed E-state index contributed by atoms with van der Waals surface area (Å²) in [6.45, 7) is -0.202. The highest BCUT2D eigenvalue weighted by molar-refractivity contribution is 7.17. The highest BCUT2D eigenvalue weighted by Gasteiger charge is 2.25. The monoisotopic (exact) mass is 390 g/mol. The lowest BCUT2D eigenvalue weighted by Gasteiger charge is -2.16. The van der Waals surface area contributed by atoms with Gasteiger partial charge in [-0.2, -0.15) is 0 Å². The molecular formula is C16H9BCl2N2O3S. The summed E-state index contributed by atoms with van der Waals surface area (Å²) in [4.78, 5) is 17.1. The summed E-state index contributed by atoms with van der Waals surface area (Å²) in [5.74, 6) is 2.26. The molecule has 2 heterocycles. The van der Waals surface area contributed by atoms with E-state index in [0.29, 0.717) is 10.3 Å². The van der Waals surface area contributed by atoms with Gasteiger partial charge < -0.3 is 9.84 Å². The van der Waals surface area contributed by atoms with Gasteiger partial charge in [-0.15, -0.1) is 17.8 Å². The van der Waals surface area contributed by atoms with Gasteiger partial charge in [-0.05, 0) is 12.1 Å². The molecular weight excluding hydrogens is 382 g/mol. The van der Waals surface area contributed by atoms with Crippen molar-refractivity contribution in [3.8, 4) is 35.0 Å². The van der Waals surface area contributed by atoms with Gasteiger partial charge in [-0.3, -0.25) is 9.36 Å². The first-order chi connectivity index (χ1) is 12.0. The molecule has 0 unspecified atom stereocenters. The predicted octanol–water partition coefficient (Wildman–Crippen LogP) is 3.28. The Morgan fingerprint density at radius 1 is 1.36 bits per heavy atom. The van der Waals surface area contributed by atoms with Crippen molar-refractivity contribution in [2.45, 2.75) is 6.54 Å². The Hall–Kier alpha value is -2.14. The molecule has 0 aliphatic rings. The Morgan fingerprint density at radius 3 is 2.76 bits per heavy atom. The molecule has 9 heteroatoms. The zero-order chi connectivity index (χ0) is 18.1. The van der Waals surface area contributed by atoms with E-state index < -0.39 is 5.56 Å². The van der Waals surface area contributed by atoms with E-state index in [9.17, 15) is 9.90 Å². The summed E-state index contributed by atoms with van der Waals surface area (Å²) < 4.78 is 7.04. The fourth-order valence-electron chi connectivity index (χ4n) is 2.49. The molecule has 1 aromatic carbocycles. The van der Waals surface area contributed by atoms with Crippen LogP contribution in [0.3, 0.4) is 0 Å². The van der Waals surface area contributed by atoms with E-state index >= 15 is 0 Å². The standard InChI is InChI=1S/C16H9BCl2N2O3S/c1-2-5-21-15-14(25-7-20-15)12(22)11(16(21)23)10-8(18)3-4-9(19)13(10)24-6-17/h1,3-4,7,22H,5-6H2. The number of pyridine rings is 1. The number of nitrogens with zero attached hydrogens (tertiary/aromatic N) is 2. The Balaban J connectivity index is 2.48.